The van der Waals surface area contributed by atoms with Gasteiger partial charge in [0.2, 0.25) is 0 Å². The zero-order valence-electron chi connectivity index (χ0n) is 10.9. The number of rotatable bonds is 3. The van der Waals surface area contributed by atoms with Crippen LogP contribution in [0.1, 0.15) is 25.3 Å². The lowest BCUT2D eigenvalue weighted by Gasteiger charge is -2.39. The molecular weight excluding hydrogens is 244 g/mol. The predicted molar refractivity (Wildman–Crippen MR) is 75.8 cm³/mol. The molecule has 2 unspecified atom stereocenters. The Morgan fingerprint density at radius 2 is 2.11 bits per heavy atom. The summed E-state index contributed by atoms with van der Waals surface area (Å²) in [6.45, 7) is 5.53. The maximum Gasteiger partial charge on any atom is 0.0451 e. The average molecular weight is 265 g/mol. The van der Waals surface area contributed by atoms with E-state index in [9.17, 15) is 0 Å². The summed E-state index contributed by atoms with van der Waals surface area (Å²) in [5.41, 5.74) is 1.26. The molecule has 1 heterocycles. The van der Waals surface area contributed by atoms with Gasteiger partial charge >= 0.3 is 0 Å². The lowest BCUT2D eigenvalue weighted by Crippen LogP contribution is -2.55. The van der Waals surface area contributed by atoms with Gasteiger partial charge in [-0.15, -0.1) is 0 Å². The molecule has 3 heteroatoms. The Morgan fingerprint density at radius 1 is 1.33 bits per heavy atom. The van der Waals surface area contributed by atoms with Crippen molar-refractivity contribution in [1.29, 1.82) is 0 Å². The van der Waals surface area contributed by atoms with Gasteiger partial charge in [0.05, 0.1) is 0 Å². The van der Waals surface area contributed by atoms with Crippen molar-refractivity contribution >= 4 is 11.6 Å². The second-order valence-electron chi connectivity index (χ2n) is 5.73. The van der Waals surface area contributed by atoms with Crippen molar-refractivity contribution in [2.24, 2.45) is 5.92 Å². The van der Waals surface area contributed by atoms with Gasteiger partial charge in [0.25, 0.3) is 0 Å². The summed E-state index contributed by atoms with van der Waals surface area (Å²) in [5, 5.41) is 4.51. The molecule has 0 radical (unpaired) electrons. The van der Waals surface area contributed by atoms with Gasteiger partial charge in [-0.3, -0.25) is 4.90 Å². The Morgan fingerprint density at radius 3 is 2.83 bits per heavy atom. The Bertz CT molecular complexity index is 417. The number of piperazine rings is 1. The number of benzene rings is 1. The van der Waals surface area contributed by atoms with Crippen LogP contribution in [-0.2, 0) is 6.54 Å². The highest BCUT2D eigenvalue weighted by molar-refractivity contribution is 6.31. The van der Waals surface area contributed by atoms with Crippen molar-refractivity contribution in [3.05, 3.63) is 34.9 Å². The molecule has 1 aliphatic carbocycles. The van der Waals surface area contributed by atoms with Crippen LogP contribution in [0.3, 0.4) is 0 Å². The van der Waals surface area contributed by atoms with Crippen molar-refractivity contribution in [2.75, 3.05) is 13.1 Å². The van der Waals surface area contributed by atoms with Crippen LogP contribution in [0.15, 0.2) is 24.3 Å². The Labute approximate surface area is 114 Å². The quantitative estimate of drug-likeness (QED) is 0.903. The average Bonchev–Trinajstić information content (AvgIpc) is 3.16. The topological polar surface area (TPSA) is 15.3 Å². The minimum atomic E-state index is 0.586. The van der Waals surface area contributed by atoms with Crippen molar-refractivity contribution in [3.8, 4) is 0 Å². The molecule has 2 nitrogen and oxygen atoms in total. The molecule has 2 aliphatic rings. The fourth-order valence-corrected chi connectivity index (χ4v) is 3.17. The van der Waals surface area contributed by atoms with Crippen LogP contribution >= 0.6 is 11.6 Å². The molecule has 2 atom stereocenters. The minimum Gasteiger partial charge on any atom is -0.311 e. The van der Waals surface area contributed by atoms with Crippen LogP contribution in [0.5, 0.6) is 0 Å². The minimum absolute atomic E-state index is 0.586. The third-order valence-corrected chi connectivity index (χ3v) is 4.52. The molecule has 3 rings (SSSR count). The molecule has 2 fully saturated rings. The number of halogens is 1. The lowest BCUT2D eigenvalue weighted by atomic mass is 10.0. The second kappa shape index (κ2) is 5.20. The fourth-order valence-electron chi connectivity index (χ4n) is 2.98. The summed E-state index contributed by atoms with van der Waals surface area (Å²) in [4.78, 5) is 2.63. The first-order chi connectivity index (χ1) is 8.74. The van der Waals surface area contributed by atoms with Gasteiger partial charge in [-0.05, 0) is 37.3 Å². The van der Waals surface area contributed by atoms with E-state index in [1.165, 1.54) is 18.4 Å². The van der Waals surface area contributed by atoms with Crippen molar-refractivity contribution in [1.82, 2.24) is 10.2 Å². The largest absolute Gasteiger partial charge is 0.311 e. The van der Waals surface area contributed by atoms with Crippen molar-refractivity contribution in [3.63, 3.8) is 0 Å². The van der Waals surface area contributed by atoms with Gasteiger partial charge < -0.3 is 5.32 Å². The zero-order chi connectivity index (χ0) is 12.5. The van der Waals surface area contributed by atoms with Gasteiger partial charge in [-0.2, -0.15) is 0 Å². The number of nitrogens with zero attached hydrogens (tertiary/aromatic N) is 1. The van der Waals surface area contributed by atoms with Gasteiger partial charge in [0.15, 0.2) is 0 Å². The molecule has 0 aromatic heterocycles. The van der Waals surface area contributed by atoms with Crippen LogP contribution < -0.4 is 5.32 Å². The maximum absolute atomic E-state index is 6.28. The van der Waals surface area contributed by atoms with E-state index in [4.69, 9.17) is 11.6 Å². The Kier molecular flexibility index (Phi) is 3.60. The molecule has 1 saturated carbocycles. The summed E-state index contributed by atoms with van der Waals surface area (Å²) in [7, 11) is 0. The van der Waals surface area contributed by atoms with Gasteiger partial charge in [0, 0.05) is 36.7 Å². The summed E-state index contributed by atoms with van der Waals surface area (Å²) in [6, 6.07) is 9.52. The van der Waals surface area contributed by atoms with E-state index in [0.717, 1.165) is 30.6 Å². The number of nitrogens with one attached hydrogen (secondary N) is 1. The summed E-state index contributed by atoms with van der Waals surface area (Å²) < 4.78 is 0. The summed E-state index contributed by atoms with van der Waals surface area (Å²) >= 11 is 6.28. The van der Waals surface area contributed by atoms with Crippen LogP contribution in [0.4, 0.5) is 0 Å². The van der Waals surface area contributed by atoms with Crippen molar-refractivity contribution < 1.29 is 0 Å². The SMILES string of the molecule is CC1CN(Cc2ccccc2Cl)C(C2CC2)CN1. The highest BCUT2D eigenvalue weighted by atomic mass is 35.5. The Hall–Kier alpha value is -0.570. The van der Waals surface area contributed by atoms with E-state index in [0.29, 0.717) is 12.1 Å². The summed E-state index contributed by atoms with van der Waals surface area (Å²) in [5.74, 6) is 0.910. The first kappa shape index (κ1) is 12.5. The van der Waals surface area contributed by atoms with E-state index < -0.39 is 0 Å². The lowest BCUT2D eigenvalue weighted by molar-refractivity contribution is 0.112. The molecule has 18 heavy (non-hydrogen) atoms. The summed E-state index contributed by atoms with van der Waals surface area (Å²) in [6.07, 6.45) is 2.81. The maximum atomic E-state index is 6.28. The van der Waals surface area contributed by atoms with E-state index in [-0.39, 0.29) is 0 Å². The van der Waals surface area contributed by atoms with Gasteiger partial charge in [0.1, 0.15) is 0 Å². The molecule has 0 spiro atoms. The molecule has 0 bridgehead atoms. The third kappa shape index (κ3) is 2.71. The van der Waals surface area contributed by atoms with Crippen LogP contribution in [-0.4, -0.2) is 30.1 Å². The molecule has 1 saturated heterocycles. The van der Waals surface area contributed by atoms with E-state index in [1.807, 2.05) is 12.1 Å². The standard InChI is InChI=1S/C15H21ClN2/c1-11-9-18(15(8-17-11)12-6-7-12)10-13-4-2-3-5-14(13)16/h2-5,11-12,15,17H,6-10H2,1H3. The van der Waals surface area contributed by atoms with Crippen LogP contribution in [0, 0.1) is 5.92 Å². The number of hydrogen-bond acceptors (Lipinski definition) is 2. The Balaban J connectivity index is 1.74. The fraction of sp³-hybridized carbons (Fsp3) is 0.600. The predicted octanol–water partition coefficient (Wildman–Crippen LogP) is 2.91. The van der Waals surface area contributed by atoms with Gasteiger partial charge in [-0.1, -0.05) is 29.8 Å². The molecule has 98 valence electrons. The normalized spacial score (nSPS) is 29.4. The zero-order valence-corrected chi connectivity index (χ0v) is 11.7. The molecule has 1 aromatic carbocycles. The van der Waals surface area contributed by atoms with E-state index >= 15 is 0 Å². The smallest absolute Gasteiger partial charge is 0.0451 e. The van der Waals surface area contributed by atoms with Crippen LogP contribution in [0.25, 0.3) is 0 Å². The number of hydrogen-bond donors (Lipinski definition) is 1. The third-order valence-electron chi connectivity index (χ3n) is 4.15. The van der Waals surface area contributed by atoms with Crippen molar-refractivity contribution in [2.45, 2.75) is 38.4 Å². The highest BCUT2D eigenvalue weighted by Crippen LogP contribution is 2.37. The molecule has 0 amide bonds. The monoisotopic (exact) mass is 264 g/mol. The van der Waals surface area contributed by atoms with Gasteiger partial charge in [-0.25, -0.2) is 0 Å². The molecular formula is C15H21ClN2. The highest BCUT2D eigenvalue weighted by Gasteiger charge is 2.37. The van der Waals surface area contributed by atoms with Crippen LogP contribution in [0.2, 0.25) is 5.02 Å². The van der Waals surface area contributed by atoms with E-state index in [1.54, 1.807) is 0 Å². The van der Waals surface area contributed by atoms with E-state index in [2.05, 4.69) is 29.3 Å². The second-order valence-corrected chi connectivity index (χ2v) is 6.14. The first-order valence-corrected chi connectivity index (χ1v) is 7.32. The molecule has 1 aromatic rings. The molecule has 1 N–H and O–H groups in total. The molecule has 1 aliphatic heterocycles. The first-order valence-electron chi connectivity index (χ1n) is 6.95.